The fraction of sp³-hybridized carbons (Fsp3) is 0.600. The van der Waals surface area contributed by atoms with Gasteiger partial charge in [-0.3, -0.25) is 4.79 Å². The number of thioether (sulfide) groups is 1. The normalized spacial score (nSPS) is 19.5. The van der Waals surface area contributed by atoms with Crippen molar-refractivity contribution in [3.05, 3.63) is 29.8 Å². The van der Waals surface area contributed by atoms with Gasteiger partial charge in [0, 0.05) is 37.1 Å². The van der Waals surface area contributed by atoms with Crippen LogP contribution in [0.25, 0.3) is 0 Å². The fourth-order valence-corrected chi connectivity index (χ4v) is 4.39. The van der Waals surface area contributed by atoms with E-state index in [0.717, 1.165) is 56.8 Å². The lowest BCUT2D eigenvalue weighted by atomic mass is 10.1. The summed E-state index contributed by atoms with van der Waals surface area (Å²) in [5.41, 5.74) is 1.22. The first-order chi connectivity index (χ1) is 12.5. The maximum absolute atomic E-state index is 12.5. The van der Waals surface area contributed by atoms with E-state index < -0.39 is 0 Å². The highest BCUT2D eigenvalue weighted by Gasteiger charge is 2.29. The molecule has 5 nitrogen and oxygen atoms in total. The number of hydrogen-bond acceptors (Lipinski definition) is 3. The molecule has 0 unspecified atom stereocenters. The third kappa shape index (κ3) is 4.93. The predicted molar refractivity (Wildman–Crippen MR) is 105 cm³/mol. The number of likely N-dealkylation sites (tertiary alicyclic amines) is 2. The molecular weight excluding hydrogens is 346 g/mol. The number of carbonyl (C=O) groups excluding carboxylic acids is 2. The van der Waals surface area contributed by atoms with E-state index in [1.807, 2.05) is 16.7 Å². The molecule has 0 saturated carbocycles. The zero-order valence-electron chi connectivity index (χ0n) is 15.7. The molecule has 1 aromatic carbocycles. The third-order valence-electron chi connectivity index (χ3n) is 5.19. The molecule has 1 atom stereocenters. The molecule has 6 heteroatoms. The number of aryl methyl sites for hydroxylation is 1. The number of nitrogens with one attached hydrogen (secondary N) is 1. The van der Waals surface area contributed by atoms with Gasteiger partial charge >= 0.3 is 6.03 Å². The van der Waals surface area contributed by atoms with E-state index in [0.29, 0.717) is 0 Å². The highest BCUT2D eigenvalue weighted by molar-refractivity contribution is 8.00. The molecule has 1 N–H and O–H groups in total. The van der Waals surface area contributed by atoms with E-state index >= 15 is 0 Å². The molecule has 142 valence electrons. The lowest BCUT2D eigenvalue weighted by Crippen LogP contribution is -2.50. The SMILES string of the molecule is Cc1ccc(S[C@@H](C)C(=O)NC2CCN(C(=O)N3CCCC3)CC2)cc1. The molecule has 2 heterocycles. The largest absolute Gasteiger partial charge is 0.352 e. The maximum atomic E-state index is 12.5. The van der Waals surface area contributed by atoms with Gasteiger partial charge in [-0.2, -0.15) is 0 Å². The first kappa shape index (κ1) is 19.1. The van der Waals surface area contributed by atoms with E-state index in [4.69, 9.17) is 0 Å². The average Bonchev–Trinajstić information content (AvgIpc) is 3.18. The van der Waals surface area contributed by atoms with Crippen molar-refractivity contribution >= 4 is 23.7 Å². The Morgan fingerprint density at radius 3 is 2.23 bits per heavy atom. The van der Waals surface area contributed by atoms with Gasteiger partial charge in [-0.25, -0.2) is 4.79 Å². The Hall–Kier alpha value is -1.69. The Labute approximate surface area is 160 Å². The number of carbonyl (C=O) groups is 2. The van der Waals surface area contributed by atoms with Gasteiger partial charge < -0.3 is 15.1 Å². The van der Waals surface area contributed by atoms with E-state index in [2.05, 4.69) is 36.5 Å². The lowest BCUT2D eigenvalue weighted by Gasteiger charge is -2.35. The molecule has 0 spiro atoms. The highest BCUT2D eigenvalue weighted by Crippen LogP contribution is 2.24. The number of urea groups is 1. The van der Waals surface area contributed by atoms with Gasteiger partial charge in [0.15, 0.2) is 0 Å². The van der Waals surface area contributed by atoms with Crippen molar-refractivity contribution in [3.63, 3.8) is 0 Å². The van der Waals surface area contributed by atoms with E-state index in [9.17, 15) is 9.59 Å². The van der Waals surface area contributed by atoms with E-state index in [1.165, 1.54) is 5.56 Å². The smallest absolute Gasteiger partial charge is 0.319 e. The van der Waals surface area contributed by atoms with Gasteiger partial charge in [-0.15, -0.1) is 11.8 Å². The van der Waals surface area contributed by atoms with E-state index in [-0.39, 0.29) is 23.2 Å². The average molecular weight is 376 g/mol. The van der Waals surface area contributed by atoms with Crippen molar-refractivity contribution in [1.29, 1.82) is 0 Å². The van der Waals surface area contributed by atoms with Crippen LogP contribution in [-0.2, 0) is 4.79 Å². The minimum atomic E-state index is -0.123. The summed E-state index contributed by atoms with van der Waals surface area (Å²) in [6.07, 6.45) is 3.92. The van der Waals surface area contributed by atoms with Crippen molar-refractivity contribution in [1.82, 2.24) is 15.1 Å². The number of piperidine rings is 1. The molecule has 0 aromatic heterocycles. The summed E-state index contributed by atoms with van der Waals surface area (Å²) in [5, 5.41) is 3.04. The second-order valence-electron chi connectivity index (χ2n) is 7.32. The second-order valence-corrected chi connectivity index (χ2v) is 8.73. The van der Waals surface area contributed by atoms with Crippen LogP contribution in [-0.4, -0.2) is 59.2 Å². The Morgan fingerprint density at radius 1 is 1.04 bits per heavy atom. The third-order valence-corrected chi connectivity index (χ3v) is 6.30. The van der Waals surface area contributed by atoms with Crippen LogP contribution in [0.5, 0.6) is 0 Å². The summed E-state index contributed by atoms with van der Waals surface area (Å²) < 4.78 is 0. The van der Waals surface area contributed by atoms with Crippen molar-refractivity contribution in [2.75, 3.05) is 26.2 Å². The van der Waals surface area contributed by atoms with Crippen LogP contribution in [0.4, 0.5) is 4.79 Å². The monoisotopic (exact) mass is 375 g/mol. The molecular formula is C20H29N3O2S. The van der Waals surface area contributed by atoms with Gasteiger partial charge in [0.1, 0.15) is 0 Å². The first-order valence-corrected chi connectivity index (χ1v) is 10.5. The predicted octanol–water partition coefficient (Wildman–Crippen LogP) is 3.27. The minimum absolute atomic E-state index is 0.0832. The first-order valence-electron chi connectivity index (χ1n) is 9.60. The molecule has 1 aromatic rings. The molecule has 0 bridgehead atoms. The molecule has 3 rings (SSSR count). The summed E-state index contributed by atoms with van der Waals surface area (Å²) >= 11 is 1.59. The molecule has 2 aliphatic rings. The van der Waals surface area contributed by atoms with Gasteiger partial charge in [-0.05, 0) is 51.7 Å². The van der Waals surface area contributed by atoms with Crippen LogP contribution < -0.4 is 5.32 Å². The molecule has 2 saturated heterocycles. The molecule has 0 radical (unpaired) electrons. The molecule has 2 fully saturated rings. The summed E-state index contributed by atoms with van der Waals surface area (Å²) in [7, 11) is 0. The van der Waals surface area contributed by atoms with Gasteiger partial charge in [-0.1, -0.05) is 17.7 Å². The Balaban J connectivity index is 1.42. The zero-order chi connectivity index (χ0) is 18.5. The summed E-state index contributed by atoms with van der Waals surface area (Å²) in [4.78, 5) is 29.9. The Kier molecular flexibility index (Phi) is 6.46. The Bertz CT molecular complexity index is 620. The maximum Gasteiger partial charge on any atom is 0.319 e. The molecule has 2 aliphatic heterocycles. The minimum Gasteiger partial charge on any atom is -0.352 e. The van der Waals surface area contributed by atoms with Crippen LogP contribution in [0.2, 0.25) is 0 Å². The Morgan fingerprint density at radius 2 is 1.62 bits per heavy atom. The summed E-state index contributed by atoms with van der Waals surface area (Å²) in [6.45, 7) is 7.27. The number of amides is 3. The number of hydrogen-bond donors (Lipinski definition) is 1. The number of benzene rings is 1. The van der Waals surface area contributed by atoms with Gasteiger partial charge in [0.25, 0.3) is 0 Å². The molecule has 3 amide bonds. The van der Waals surface area contributed by atoms with Crippen LogP contribution in [0, 0.1) is 6.92 Å². The zero-order valence-corrected chi connectivity index (χ0v) is 16.6. The molecule has 26 heavy (non-hydrogen) atoms. The fourth-order valence-electron chi connectivity index (χ4n) is 3.52. The quantitative estimate of drug-likeness (QED) is 0.822. The van der Waals surface area contributed by atoms with Crippen LogP contribution in [0.1, 0.15) is 38.2 Å². The highest BCUT2D eigenvalue weighted by atomic mass is 32.2. The lowest BCUT2D eigenvalue weighted by molar-refractivity contribution is -0.121. The van der Waals surface area contributed by atoms with Crippen molar-refractivity contribution in [2.24, 2.45) is 0 Å². The van der Waals surface area contributed by atoms with Crippen LogP contribution in [0.3, 0.4) is 0 Å². The van der Waals surface area contributed by atoms with Gasteiger partial charge in [0.05, 0.1) is 5.25 Å². The van der Waals surface area contributed by atoms with Gasteiger partial charge in [0.2, 0.25) is 5.91 Å². The number of nitrogens with zero attached hydrogens (tertiary/aromatic N) is 2. The topological polar surface area (TPSA) is 52.7 Å². The van der Waals surface area contributed by atoms with Crippen LogP contribution in [0.15, 0.2) is 29.2 Å². The van der Waals surface area contributed by atoms with Crippen molar-refractivity contribution < 1.29 is 9.59 Å². The van der Waals surface area contributed by atoms with Crippen molar-refractivity contribution in [3.8, 4) is 0 Å². The molecule has 0 aliphatic carbocycles. The van der Waals surface area contributed by atoms with E-state index in [1.54, 1.807) is 11.8 Å². The van der Waals surface area contributed by atoms with Crippen LogP contribution >= 0.6 is 11.8 Å². The summed E-state index contributed by atoms with van der Waals surface area (Å²) in [5.74, 6) is 0.0832. The standard InChI is InChI=1S/C20H29N3O2S/c1-15-5-7-18(8-6-15)26-16(2)19(24)21-17-9-13-23(14-10-17)20(25)22-11-3-4-12-22/h5-8,16-17H,3-4,9-14H2,1-2H3,(H,21,24)/t16-/m0/s1. The number of rotatable bonds is 4. The second kappa shape index (κ2) is 8.80. The van der Waals surface area contributed by atoms with Crippen molar-refractivity contribution in [2.45, 2.75) is 55.7 Å². The summed E-state index contributed by atoms with van der Waals surface area (Å²) in [6, 6.07) is 8.61.